The average Bonchev–Trinajstić information content (AvgIpc) is 2.50. The monoisotopic (exact) mass is 335 g/mol. The molecule has 0 spiro atoms. The first kappa shape index (κ1) is 17.4. The van der Waals surface area contributed by atoms with Gasteiger partial charge in [0.05, 0.1) is 13.0 Å². The van der Waals surface area contributed by atoms with Gasteiger partial charge in [-0.25, -0.2) is 4.39 Å². The molecule has 0 aliphatic rings. The SMILES string of the molecule is CCOC(=O)CC(N)Cc1ccc(-c2cc(Cl)ccc2F)cc1. The lowest BCUT2D eigenvalue weighted by molar-refractivity contribution is -0.143. The van der Waals surface area contributed by atoms with Gasteiger partial charge in [-0.05, 0) is 42.7 Å². The molecular weight excluding hydrogens is 317 g/mol. The molecule has 0 aliphatic carbocycles. The molecule has 0 radical (unpaired) electrons. The molecule has 1 atom stereocenters. The first-order valence-corrected chi connectivity index (χ1v) is 7.83. The smallest absolute Gasteiger partial charge is 0.307 e. The van der Waals surface area contributed by atoms with Crippen LogP contribution in [-0.2, 0) is 16.0 Å². The first-order valence-electron chi connectivity index (χ1n) is 7.45. The van der Waals surface area contributed by atoms with Crippen LogP contribution in [-0.4, -0.2) is 18.6 Å². The summed E-state index contributed by atoms with van der Waals surface area (Å²) in [6.45, 7) is 2.11. The summed E-state index contributed by atoms with van der Waals surface area (Å²) in [5.41, 5.74) is 8.13. The van der Waals surface area contributed by atoms with Crippen molar-refractivity contribution >= 4 is 17.6 Å². The maximum absolute atomic E-state index is 13.9. The zero-order valence-electron chi connectivity index (χ0n) is 12.9. The molecule has 0 aromatic heterocycles. The van der Waals surface area contributed by atoms with Crippen molar-refractivity contribution in [1.82, 2.24) is 0 Å². The van der Waals surface area contributed by atoms with E-state index in [-0.39, 0.29) is 24.2 Å². The number of carbonyl (C=O) groups excluding carboxylic acids is 1. The van der Waals surface area contributed by atoms with Gasteiger partial charge in [-0.1, -0.05) is 35.9 Å². The highest BCUT2D eigenvalue weighted by Gasteiger charge is 2.12. The van der Waals surface area contributed by atoms with Gasteiger partial charge in [0.25, 0.3) is 0 Å². The van der Waals surface area contributed by atoms with Crippen LogP contribution < -0.4 is 5.73 Å². The summed E-state index contributed by atoms with van der Waals surface area (Å²) in [6, 6.07) is 11.6. The van der Waals surface area contributed by atoms with Crippen LogP contribution in [0.5, 0.6) is 0 Å². The van der Waals surface area contributed by atoms with E-state index in [1.165, 1.54) is 12.1 Å². The molecule has 0 aliphatic heterocycles. The van der Waals surface area contributed by atoms with Crippen LogP contribution in [0.4, 0.5) is 4.39 Å². The van der Waals surface area contributed by atoms with E-state index in [2.05, 4.69) is 0 Å². The lowest BCUT2D eigenvalue weighted by Crippen LogP contribution is -2.27. The van der Waals surface area contributed by atoms with E-state index in [9.17, 15) is 9.18 Å². The van der Waals surface area contributed by atoms with Crippen molar-refractivity contribution in [2.24, 2.45) is 5.73 Å². The minimum atomic E-state index is -0.318. The Morgan fingerprint density at radius 2 is 1.96 bits per heavy atom. The second-order valence-corrected chi connectivity index (χ2v) is 5.73. The Hall–Kier alpha value is -1.91. The van der Waals surface area contributed by atoms with Crippen LogP contribution >= 0.6 is 11.6 Å². The largest absolute Gasteiger partial charge is 0.466 e. The van der Waals surface area contributed by atoms with Gasteiger partial charge in [0, 0.05) is 16.6 Å². The molecular formula is C18H19ClFNO2. The van der Waals surface area contributed by atoms with Crippen molar-refractivity contribution in [3.63, 3.8) is 0 Å². The van der Waals surface area contributed by atoms with E-state index in [1.54, 1.807) is 13.0 Å². The van der Waals surface area contributed by atoms with Crippen molar-refractivity contribution in [2.75, 3.05) is 6.61 Å². The first-order chi connectivity index (χ1) is 11.0. The molecule has 0 amide bonds. The average molecular weight is 336 g/mol. The summed E-state index contributed by atoms with van der Waals surface area (Å²) in [6.07, 6.45) is 0.732. The minimum absolute atomic E-state index is 0.179. The van der Waals surface area contributed by atoms with Gasteiger partial charge < -0.3 is 10.5 Å². The van der Waals surface area contributed by atoms with E-state index in [1.807, 2.05) is 24.3 Å². The van der Waals surface area contributed by atoms with E-state index >= 15 is 0 Å². The normalized spacial score (nSPS) is 12.0. The molecule has 2 rings (SSSR count). The highest BCUT2D eigenvalue weighted by molar-refractivity contribution is 6.30. The Balaban J connectivity index is 2.05. The summed E-state index contributed by atoms with van der Waals surface area (Å²) >= 11 is 5.91. The van der Waals surface area contributed by atoms with Crippen LogP contribution in [0.2, 0.25) is 5.02 Å². The Bertz CT molecular complexity index is 673. The number of ether oxygens (including phenoxy) is 1. The molecule has 0 heterocycles. The summed E-state index contributed by atoms with van der Waals surface area (Å²) in [5.74, 6) is -0.612. The predicted molar refractivity (Wildman–Crippen MR) is 89.8 cm³/mol. The molecule has 2 aromatic rings. The van der Waals surface area contributed by atoms with Crippen LogP contribution in [0.25, 0.3) is 11.1 Å². The molecule has 0 saturated carbocycles. The molecule has 122 valence electrons. The maximum Gasteiger partial charge on any atom is 0.307 e. The molecule has 5 heteroatoms. The third-order valence-corrected chi connectivity index (χ3v) is 3.66. The van der Waals surface area contributed by atoms with E-state index in [0.29, 0.717) is 23.6 Å². The second kappa shape index (κ2) is 8.09. The third kappa shape index (κ3) is 5.05. The fourth-order valence-electron chi connectivity index (χ4n) is 2.35. The van der Waals surface area contributed by atoms with Gasteiger partial charge in [-0.15, -0.1) is 0 Å². The van der Waals surface area contributed by atoms with Crippen molar-refractivity contribution in [2.45, 2.75) is 25.8 Å². The quantitative estimate of drug-likeness (QED) is 0.813. The fourth-order valence-corrected chi connectivity index (χ4v) is 2.52. The summed E-state index contributed by atoms with van der Waals surface area (Å²) in [7, 11) is 0. The van der Waals surface area contributed by atoms with Crippen LogP contribution in [0.15, 0.2) is 42.5 Å². The number of halogens is 2. The summed E-state index contributed by atoms with van der Waals surface area (Å²) < 4.78 is 18.7. The van der Waals surface area contributed by atoms with Crippen LogP contribution in [0.1, 0.15) is 18.9 Å². The molecule has 0 fully saturated rings. The van der Waals surface area contributed by atoms with Gasteiger partial charge in [0.15, 0.2) is 0 Å². The van der Waals surface area contributed by atoms with Crippen LogP contribution in [0, 0.1) is 5.82 Å². The van der Waals surface area contributed by atoms with Crippen molar-refractivity contribution in [3.05, 3.63) is 58.9 Å². The van der Waals surface area contributed by atoms with Crippen molar-refractivity contribution < 1.29 is 13.9 Å². The standard InChI is InChI=1S/C18H19ClFNO2/c1-2-23-18(22)11-15(21)9-12-3-5-13(6-4-12)16-10-14(19)7-8-17(16)20/h3-8,10,15H,2,9,11,21H2,1H3. The highest BCUT2D eigenvalue weighted by Crippen LogP contribution is 2.26. The molecule has 0 saturated heterocycles. The molecule has 2 N–H and O–H groups in total. The fraction of sp³-hybridized carbons (Fsp3) is 0.278. The van der Waals surface area contributed by atoms with Gasteiger partial charge in [-0.2, -0.15) is 0 Å². The number of benzene rings is 2. The number of hydrogen-bond donors (Lipinski definition) is 1. The molecule has 0 bridgehead atoms. The number of esters is 1. The second-order valence-electron chi connectivity index (χ2n) is 5.29. The Morgan fingerprint density at radius 1 is 1.26 bits per heavy atom. The molecule has 3 nitrogen and oxygen atoms in total. The van der Waals surface area contributed by atoms with Crippen LogP contribution in [0.3, 0.4) is 0 Å². The summed E-state index contributed by atoms with van der Waals surface area (Å²) in [5, 5.41) is 0.488. The Labute approximate surface area is 140 Å². The molecule has 1 unspecified atom stereocenters. The van der Waals surface area contributed by atoms with Crippen molar-refractivity contribution in [1.29, 1.82) is 0 Å². The highest BCUT2D eigenvalue weighted by atomic mass is 35.5. The number of carbonyl (C=O) groups is 1. The predicted octanol–water partition coefficient (Wildman–Crippen LogP) is 3.97. The number of nitrogens with two attached hydrogens (primary N) is 1. The lowest BCUT2D eigenvalue weighted by Gasteiger charge is -2.11. The van der Waals surface area contributed by atoms with E-state index in [0.717, 1.165) is 11.1 Å². The molecule has 23 heavy (non-hydrogen) atoms. The number of rotatable bonds is 6. The zero-order valence-corrected chi connectivity index (χ0v) is 13.6. The topological polar surface area (TPSA) is 52.3 Å². The number of hydrogen-bond acceptors (Lipinski definition) is 3. The van der Waals surface area contributed by atoms with Crippen molar-refractivity contribution in [3.8, 4) is 11.1 Å². The van der Waals surface area contributed by atoms with Gasteiger partial charge in [0.2, 0.25) is 0 Å². The maximum atomic E-state index is 13.9. The van der Waals surface area contributed by atoms with E-state index in [4.69, 9.17) is 22.1 Å². The third-order valence-electron chi connectivity index (χ3n) is 3.43. The lowest BCUT2D eigenvalue weighted by atomic mass is 9.99. The minimum Gasteiger partial charge on any atom is -0.466 e. The molecule has 2 aromatic carbocycles. The Morgan fingerprint density at radius 3 is 2.61 bits per heavy atom. The van der Waals surface area contributed by atoms with Gasteiger partial charge in [-0.3, -0.25) is 4.79 Å². The van der Waals surface area contributed by atoms with E-state index < -0.39 is 0 Å². The summed E-state index contributed by atoms with van der Waals surface area (Å²) in [4.78, 5) is 11.4. The zero-order chi connectivity index (χ0) is 16.8. The Kier molecular flexibility index (Phi) is 6.13. The van der Waals surface area contributed by atoms with Gasteiger partial charge >= 0.3 is 5.97 Å². The van der Waals surface area contributed by atoms with Gasteiger partial charge in [0.1, 0.15) is 5.82 Å².